The standard InChI is InChI=1S/C11H16FN3/c1-10(2)8(11(10,3)4)15-9-13-5-7(12)6-14-9/h5-6,8H,1-4H3,(H,13,14,15). The number of hydrogen-bond acceptors (Lipinski definition) is 3. The Morgan fingerprint density at radius 2 is 1.60 bits per heavy atom. The van der Waals surface area contributed by atoms with Gasteiger partial charge in [0.05, 0.1) is 12.4 Å². The van der Waals surface area contributed by atoms with Gasteiger partial charge >= 0.3 is 0 Å². The van der Waals surface area contributed by atoms with E-state index < -0.39 is 5.82 Å². The van der Waals surface area contributed by atoms with Gasteiger partial charge in [0.15, 0.2) is 5.82 Å². The van der Waals surface area contributed by atoms with E-state index in [-0.39, 0.29) is 10.8 Å². The normalized spacial score (nSPS) is 22.5. The van der Waals surface area contributed by atoms with Gasteiger partial charge in [-0.1, -0.05) is 27.7 Å². The fourth-order valence-corrected chi connectivity index (χ4v) is 2.07. The van der Waals surface area contributed by atoms with E-state index in [4.69, 9.17) is 0 Å². The summed E-state index contributed by atoms with van der Waals surface area (Å²) >= 11 is 0. The number of rotatable bonds is 2. The third kappa shape index (κ3) is 1.48. The maximum absolute atomic E-state index is 12.6. The van der Waals surface area contributed by atoms with Crippen LogP contribution in [0.25, 0.3) is 0 Å². The molecule has 1 aliphatic carbocycles. The van der Waals surface area contributed by atoms with E-state index in [9.17, 15) is 4.39 Å². The molecule has 4 heteroatoms. The van der Waals surface area contributed by atoms with Crippen LogP contribution in [0.1, 0.15) is 27.7 Å². The largest absolute Gasteiger partial charge is 0.350 e. The molecular formula is C11H16FN3. The predicted octanol–water partition coefficient (Wildman–Crippen LogP) is 2.46. The van der Waals surface area contributed by atoms with Crippen molar-refractivity contribution in [2.75, 3.05) is 5.32 Å². The van der Waals surface area contributed by atoms with Crippen LogP contribution in [0.15, 0.2) is 12.4 Å². The van der Waals surface area contributed by atoms with Gasteiger partial charge in [-0.05, 0) is 10.8 Å². The van der Waals surface area contributed by atoms with Crippen molar-refractivity contribution in [2.45, 2.75) is 33.7 Å². The molecule has 0 saturated heterocycles. The zero-order valence-corrected chi connectivity index (χ0v) is 9.50. The van der Waals surface area contributed by atoms with E-state index in [1.165, 1.54) is 12.4 Å². The highest BCUT2D eigenvalue weighted by Gasteiger charge is 2.65. The van der Waals surface area contributed by atoms with E-state index in [2.05, 4.69) is 43.0 Å². The molecule has 0 aromatic carbocycles. The first kappa shape index (κ1) is 10.3. The zero-order valence-electron chi connectivity index (χ0n) is 9.50. The summed E-state index contributed by atoms with van der Waals surface area (Å²) in [7, 11) is 0. The SMILES string of the molecule is CC1(C)C(Nc2ncc(F)cn2)C1(C)C. The highest BCUT2D eigenvalue weighted by molar-refractivity contribution is 5.35. The van der Waals surface area contributed by atoms with Gasteiger partial charge < -0.3 is 5.32 Å². The molecule has 1 saturated carbocycles. The Bertz CT molecular complexity index is 356. The predicted molar refractivity (Wildman–Crippen MR) is 57.0 cm³/mol. The summed E-state index contributed by atoms with van der Waals surface area (Å²) in [6.07, 6.45) is 2.36. The Morgan fingerprint density at radius 3 is 2.00 bits per heavy atom. The number of aromatic nitrogens is 2. The van der Waals surface area contributed by atoms with Crippen molar-refractivity contribution in [2.24, 2.45) is 10.8 Å². The summed E-state index contributed by atoms with van der Waals surface area (Å²) < 4.78 is 12.6. The molecule has 0 atom stereocenters. The first-order valence-corrected chi connectivity index (χ1v) is 5.10. The molecule has 1 aromatic rings. The van der Waals surface area contributed by atoms with Gasteiger partial charge in [0.25, 0.3) is 0 Å². The van der Waals surface area contributed by atoms with Crippen LogP contribution in [0.2, 0.25) is 0 Å². The fraction of sp³-hybridized carbons (Fsp3) is 0.636. The molecule has 1 aliphatic rings. The number of halogens is 1. The highest BCUT2D eigenvalue weighted by Crippen LogP contribution is 2.63. The highest BCUT2D eigenvalue weighted by atomic mass is 19.1. The molecule has 3 nitrogen and oxygen atoms in total. The van der Waals surface area contributed by atoms with Gasteiger partial charge in [-0.25, -0.2) is 14.4 Å². The fourth-order valence-electron chi connectivity index (χ4n) is 2.07. The Kier molecular flexibility index (Phi) is 2.00. The molecule has 0 radical (unpaired) electrons. The Labute approximate surface area is 89.1 Å². The summed E-state index contributed by atoms with van der Waals surface area (Å²) in [5, 5.41) is 3.23. The first-order chi connectivity index (χ1) is 6.85. The molecule has 1 fully saturated rings. The summed E-state index contributed by atoms with van der Waals surface area (Å²) in [4.78, 5) is 7.78. The third-order valence-electron chi connectivity index (χ3n) is 3.91. The lowest BCUT2D eigenvalue weighted by atomic mass is 10.0. The van der Waals surface area contributed by atoms with Crippen molar-refractivity contribution < 1.29 is 4.39 Å². The lowest BCUT2D eigenvalue weighted by Crippen LogP contribution is -2.12. The molecule has 1 N–H and O–H groups in total. The molecule has 0 unspecified atom stereocenters. The molecule has 1 heterocycles. The molecule has 0 aliphatic heterocycles. The van der Waals surface area contributed by atoms with Crippen molar-refractivity contribution >= 4 is 5.95 Å². The third-order valence-corrected chi connectivity index (χ3v) is 3.91. The van der Waals surface area contributed by atoms with Gasteiger partial charge in [-0.2, -0.15) is 0 Å². The van der Waals surface area contributed by atoms with Gasteiger partial charge in [-0.15, -0.1) is 0 Å². The number of nitrogens with one attached hydrogen (secondary N) is 1. The average Bonchev–Trinajstić information content (AvgIpc) is 2.52. The van der Waals surface area contributed by atoms with Crippen molar-refractivity contribution in [3.05, 3.63) is 18.2 Å². The molecule has 0 bridgehead atoms. The van der Waals surface area contributed by atoms with Crippen molar-refractivity contribution in [3.63, 3.8) is 0 Å². The molecule has 0 amide bonds. The quantitative estimate of drug-likeness (QED) is 0.813. The van der Waals surface area contributed by atoms with Gasteiger partial charge in [-0.3, -0.25) is 0 Å². The minimum Gasteiger partial charge on any atom is -0.350 e. The minimum absolute atomic E-state index is 0.227. The summed E-state index contributed by atoms with van der Waals surface area (Å²) in [6, 6.07) is 0.343. The number of nitrogens with zero attached hydrogens (tertiary/aromatic N) is 2. The van der Waals surface area contributed by atoms with Crippen molar-refractivity contribution in [3.8, 4) is 0 Å². The number of anilines is 1. The maximum Gasteiger partial charge on any atom is 0.223 e. The van der Waals surface area contributed by atoms with E-state index in [1.807, 2.05) is 0 Å². The molecular weight excluding hydrogens is 193 g/mol. The van der Waals surface area contributed by atoms with E-state index in [0.29, 0.717) is 12.0 Å². The lowest BCUT2D eigenvalue weighted by Gasteiger charge is -2.05. The smallest absolute Gasteiger partial charge is 0.223 e. The van der Waals surface area contributed by atoms with E-state index >= 15 is 0 Å². The van der Waals surface area contributed by atoms with Crippen LogP contribution in [0.5, 0.6) is 0 Å². The topological polar surface area (TPSA) is 37.8 Å². The van der Waals surface area contributed by atoms with Crippen LogP contribution < -0.4 is 5.32 Å². The van der Waals surface area contributed by atoms with Crippen LogP contribution >= 0.6 is 0 Å². The Hall–Kier alpha value is -1.19. The molecule has 15 heavy (non-hydrogen) atoms. The van der Waals surface area contributed by atoms with E-state index in [1.54, 1.807) is 0 Å². The summed E-state index contributed by atoms with van der Waals surface area (Å²) in [6.45, 7) is 8.81. The molecule has 82 valence electrons. The second kappa shape index (κ2) is 2.90. The van der Waals surface area contributed by atoms with Crippen LogP contribution in [0.4, 0.5) is 10.3 Å². The Balaban J connectivity index is 2.09. The second-order valence-electron chi connectivity index (χ2n) is 5.25. The summed E-state index contributed by atoms with van der Waals surface area (Å²) in [5.74, 6) is 0.0925. The van der Waals surface area contributed by atoms with Gasteiger partial charge in [0.1, 0.15) is 0 Å². The monoisotopic (exact) mass is 209 g/mol. The summed E-state index contributed by atoms with van der Waals surface area (Å²) in [5.41, 5.74) is 0.454. The first-order valence-electron chi connectivity index (χ1n) is 5.10. The second-order valence-corrected chi connectivity index (χ2v) is 5.25. The Morgan fingerprint density at radius 1 is 1.13 bits per heavy atom. The van der Waals surface area contributed by atoms with Crippen LogP contribution in [0, 0.1) is 16.6 Å². The zero-order chi connectivity index (χ0) is 11.3. The number of hydrogen-bond donors (Lipinski definition) is 1. The van der Waals surface area contributed by atoms with Gasteiger partial charge in [0.2, 0.25) is 5.95 Å². The van der Waals surface area contributed by atoms with Crippen LogP contribution in [-0.2, 0) is 0 Å². The lowest BCUT2D eigenvalue weighted by molar-refractivity contribution is 0.457. The van der Waals surface area contributed by atoms with E-state index in [0.717, 1.165) is 0 Å². The van der Waals surface area contributed by atoms with Crippen LogP contribution in [-0.4, -0.2) is 16.0 Å². The van der Waals surface area contributed by atoms with Crippen LogP contribution in [0.3, 0.4) is 0 Å². The maximum atomic E-state index is 12.6. The van der Waals surface area contributed by atoms with Gasteiger partial charge in [0, 0.05) is 6.04 Å². The average molecular weight is 209 g/mol. The minimum atomic E-state index is -0.408. The molecule has 2 rings (SSSR count). The molecule has 0 spiro atoms. The molecule has 1 aromatic heterocycles. The van der Waals surface area contributed by atoms with Crippen molar-refractivity contribution in [1.82, 2.24) is 9.97 Å². The van der Waals surface area contributed by atoms with Crippen molar-refractivity contribution in [1.29, 1.82) is 0 Å².